The van der Waals surface area contributed by atoms with Crippen molar-refractivity contribution < 1.29 is 14.3 Å². The van der Waals surface area contributed by atoms with Crippen LogP contribution in [0.25, 0.3) is 0 Å². The zero-order valence-electron chi connectivity index (χ0n) is 15.7. The highest BCUT2D eigenvalue weighted by Crippen LogP contribution is 2.11. The number of hydrazone groups is 1. The topological polar surface area (TPSA) is 79.8 Å². The Morgan fingerprint density at radius 3 is 2.44 bits per heavy atom. The summed E-state index contributed by atoms with van der Waals surface area (Å²) in [7, 11) is 0. The molecule has 2 amide bonds. The van der Waals surface area contributed by atoms with E-state index in [4.69, 9.17) is 4.74 Å². The van der Waals surface area contributed by atoms with Crippen molar-refractivity contribution in [3.63, 3.8) is 0 Å². The molecule has 2 aromatic carbocycles. The molecule has 0 saturated heterocycles. The molecule has 0 heterocycles. The summed E-state index contributed by atoms with van der Waals surface area (Å²) >= 11 is 0. The number of nitrogens with one attached hydrogen (secondary N) is 2. The first-order chi connectivity index (χ1) is 13.1. The van der Waals surface area contributed by atoms with E-state index in [-0.39, 0.29) is 12.5 Å². The summed E-state index contributed by atoms with van der Waals surface area (Å²) in [5.41, 5.74) is 4.80. The van der Waals surface area contributed by atoms with Crippen LogP contribution in [0.1, 0.15) is 41.3 Å². The fraction of sp³-hybridized carbons (Fsp3) is 0.286. The number of carbonyl (C=O) groups is 2. The van der Waals surface area contributed by atoms with Gasteiger partial charge in [-0.3, -0.25) is 9.59 Å². The van der Waals surface area contributed by atoms with Crippen LogP contribution in [0.4, 0.5) is 0 Å². The van der Waals surface area contributed by atoms with Gasteiger partial charge in [-0.05, 0) is 55.3 Å². The average Bonchev–Trinajstić information content (AvgIpc) is 2.68. The number of benzene rings is 2. The predicted molar refractivity (Wildman–Crippen MR) is 106 cm³/mol. The lowest BCUT2D eigenvalue weighted by Gasteiger charge is -2.05. The molecule has 2 N–H and O–H groups in total. The molecule has 0 aromatic heterocycles. The molecular formula is C21H25N3O3. The van der Waals surface area contributed by atoms with Crippen molar-refractivity contribution in [2.75, 3.05) is 13.2 Å². The van der Waals surface area contributed by atoms with Gasteiger partial charge in [0.05, 0.1) is 19.4 Å². The molecule has 0 bridgehead atoms. The summed E-state index contributed by atoms with van der Waals surface area (Å²) in [5, 5.41) is 6.45. The molecule has 0 atom stereocenters. The third-order valence-corrected chi connectivity index (χ3v) is 3.77. The van der Waals surface area contributed by atoms with Crippen LogP contribution in [-0.2, 0) is 4.79 Å². The maximum atomic E-state index is 11.9. The maximum Gasteiger partial charge on any atom is 0.259 e. The summed E-state index contributed by atoms with van der Waals surface area (Å²) in [6.45, 7) is 4.62. The van der Waals surface area contributed by atoms with Crippen LogP contribution in [-0.4, -0.2) is 31.2 Å². The van der Waals surface area contributed by atoms with E-state index in [0.29, 0.717) is 12.2 Å². The van der Waals surface area contributed by atoms with Crippen LogP contribution >= 0.6 is 0 Å². The number of hydrogen-bond acceptors (Lipinski definition) is 4. The predicted octanol–water partition coefficient (Wildman–Crippen LogP) is 3.05. The largest absolute Gasteiger partial charge is 0.494 e. The molecule has 0 aliphatic carbocycles. The Morgan fingerprint density at radius 1 is 1.07 bits per heavy atom. The van der Waals surface area contributed by atoms with Crippen LogP contribution in [0.5, 0.6) is 5.75 Å². The Morgan fingerprint density at radius 2 is 1.78 bits per heavy atom. The second-order valence-electron chi connectivity index (χ2n) is 6.11. The smallest absolute Gasteiger partial charge is 0.259 e. The molecule has 0 aliphatic rings. The normalized spacial score (nSPS) is 10.6. The van der Waals surface area contributed by atoms with Gasteiger partial charge in [0.25, 0.3) is 11.8 Å². The number of rotatable bonds is 9. The molecule has 0 fully saturated rings. The first-order valence-corrected chi connectivity index (χ1v) is 8.98. The second-order valence-corrected chi connectivity index (χ2v) is 6.11. The van der Waals surface area contributed by atoms with Gasteiger partial charge < -0.3 is 10.1 Å². The molecule has 6 heteroatoms. The van der Waals surface area contributed by atoms with Gasteiger partial charge in [0.1, 0.15) is 5.75 Å². The first kappa shape index (κ1) is 20.2. The van der Waals surface area contributed by atoms with Gasteiger partial charge in [0, 0.05) is 5.56 Å². The maximum absolute atomic E-state index is 11.9. The van der Waals surface area contributed by atoms with E-state index in [1.54, 1.807) is 12.1 Å². The molecule has 27 heavy (non-hydrogen) atoms. The highest BCUT2D eigenvalue weighted by molar-refractivity contribution is 5.96. The molecular weight excluding hydrogens is 342 g/mol. The van der Waals surface area contributed by atoms with E-state index in [9.17, 15) is 9.59 Å². The van der Waals surface area contributed by atoms with E-state index in [1.807, 2.05) is 43.3 Å². The lowest BCUT2D eigenvalue weighted by atomic mass is 10.1. The van der Waals surface area contributed by atoms with Crippen molar-refractivity contribution in [1.29, 1.82) is 0 Å². The van der Waals surface area contributed by atoms with Crippen molar-refractivity contribution in [3.05, 3.63) is 65.2 Å². The average molecular weight is 367 g/mol. The highest BCUT2D eigenvalue weighted by atomic mass is 16.5. The van der Waals surface area contributed by atoms with Gasteiger partial charge in [-0.25, -0.2) is 5.43 Å². The number of aryl methyl sites for hydroxylation is 1. The summed E-state index contributed by atoms with van der Waals surface area (Å²) in [6.07, 6.45) is 3.65. The first-order valence-electron chi connectivity index (χ1n) is 8.98. The number of carbonyl (C=O) groups excluding carboxylic acids is 2. The SMILES string of the molecule is CCCCOc1ccc(/C=N\NC(=O)CNC(=O)c2ccc(C)cc2)cc1. The van der Waals surface area contributed by atoms with E-state index in [0.717, 1.165) is 29.7 Å². The number of hydrogen-bond donors (Lipinski definition) is 2. The van der Waals surface area contributed by atoms with E-state index >= 15 is 0 Å². The molecule has 0 saturated carbocycles. The monoisotopic (exact) mass is 367 g/mol. The zero-order valence-corrected chi connectivity index (χ0v) is 15.7. The van der Waals surface area contributed by atoms with Crippen LogP contribution in [0, 0.1) is 6.92 Å². The molecule has 6 nitrogen and oxygen atoms in total. The van der Waals surface area contributed by atoms with Gasteiger partial charge >= 0.3 is 0 Å². The molecule has 0 aliphatic heterocycles. The summed E-state index contributed by atoms with van der Waals surface area (Å²) in [6, 6.07) is 14.6. The molecule has 0 spiro atoms. The van der Waals surface area contributed by atoms with E-state index < -0.39 is 5.91 Å². The molecule has 2 aromatic rings. The van der Waals surface area contributed by atoms with Gasteiger partial charge in [-0.2, -0.15) is 5.10 Å². The van der Waals surface area contributed by atoms with Gasteiger partial charge in [-0.1, -0.05) is 31.0 Å². The van der Waals surface area contributed by atoms with Gasteiger partial charge in [0.15, 0.2) is 0 Å². The minimum Gasteiger partial charge on any atom is -0.494 e. The second kappa shape index (κ2) is 10.8. The Balaban J connectivity index is 1.72. The van der Waals surface area contributed by atoms with E-state index in [1.165, 1.54) is 6.21 Å². The standard InChI is InChI=1S/C21H25N3O3/c1-3-4-13-27-19-11-7-17(8-12-19)14-23-24-20(25)15-22-21(26)18-9-5-16(2)6-10-18/h5-12,14H,3-4,13,15H2,1-2H3,(H,22,26)(H,24,25)/b23-14-. The highest BCUT2D eigenvalue weighted by Gasteiger charge is 2.07. The van der Waals surface area contributed by atoms with Crippen LogP contribution in [0.3, 0.4) is 0 Å². The van der Waals surface area contributed by atoms with Crippen molar-refractivity contribution in [3.8, 4) is 5.75 Å². The van der Waals surface area contributed by atoms with Gasteiger partial charge in [0.2, 0.25) is 0 Å². The van der Waals surface area contributed by atoms with Crippen molar-refractivity contribution in [2.24, 2.45) is 5.10 Å². The van der Waals surface area contributed by atoms with Crippen LogP contribution < -0.4 is 15.5 Å². The Hall–Kier alpha value is -3.15. The minimum absolute atomic E-state index is 0.145. The summed E-state index contributed by atoms with van der Waals surface area (Å²) in [5.74, 6) is 0.113. The van der Waals surface area contributed by atoms with Crippen LogP contribution in [0.2, 0.25) is 0 Å². The van der Waals surface area contributed by atoms with Gasteiger partial charge in [-0.15, -0.1) is 0 Å². The molecule has 142 valence electrons. The van der Waals surface area contributed by atoms with Crippen molar-refractivity contribution >= 4 is 18.0 Å². The zero-order chi connectivity index (χ0) is 19.5. The summed E-state index contributed by atoms with van der Waals surface area (Å²) in [4.78, 5) is 23.7. The lowest BCUT2D eigenvalue weighted by Crippen LogP contribution is -2.34. The third kappa shape index (κ3) is 7.32. The number of ether oxygens (including phenoxy) is 1. The summed E-state index contributed by atoms with van der Waals surface area (Å²) < 4.78 is 5.59. The molecule has 0 unspecified atom stereocenters. The Bertz CT molecular complexity index is 768. The van der Waals surface area contributed by atoms with Crippen molar-refractivity contribution in [2.45, 2.75) is 26.7 Å². The molecule has 2 rings (SSSR count). The fourth-order valence-corrected chi connectivity index (χ4v) is 2.17. The number of unbranched alkanes of at least 4 members (excludes halogenated alkanes) is 1. The third-order valence-electron chi connectivity index (χ3n) is 3.77. The van der Waals surface area contributed by atoms with E-state index in [2.05, 4.69) is 22.8 Å². The van der Waals surface area contributed by atoms with Crippen molar-refractivity contribution in [1.82, 2.24) is 10.7 Å². The number of amides is 2. The Kier molecular flexibility index (Phi) is 8.03. The quantitative estimate of drug-likeness (QED) is 0.406. The fourth-order valence-electron chi connectivity index (χ4n) is 2.17. The number of nitrogens with zero attached hydrogens (tertiary/aromatic N) is 1. The minimum atomic E-state index is -0.397. The van der Waals surface area contributed by atoms with Crippen LogP contribution in [0.15, 0.2) is 53.6 Å². The Labute approximate surface area is 159 Å². The molecule has 0 radical (unpaired) electrons. The lowest BCUT2D eigenvalue weighted by molar-refractivity contribution is -0.120.